The van der Waals surface area contributed by atoms with Crippen molar-refractivity contribution in [1.29, 1.82) is 0 Å². The molecule has 2 rings (SSSR count). The molecule has 2 fully saturated rings. The van der Waals surface area contributed by atoms with Gasteiger partial charge < -0.3 is 20.1 Å². The van der Waals surface area contributed by atoms with Crippen molar-refractivity contribution < 1.29 is 29.0 Å². The molecule has 9 heteroatoms. The van der Waals surface area contributed by atoms with Crippen molar-refractivity contribution >= 4 is 23.8 Å². The van der Waals surface area contributed by atoms with Gasteiger partial charge in [-0.05, 0) is 6.92 Å². The number of nitrogens with one attached hydrogen (secondary N) is 2. The summed E-state index contributed by atoms with van der Waals surface area (Å²) in [7, 11) is 0. The topological polar surface area (TPSA) is 125 Å². The molecule has 3 atom stereocenters. The standard InChI is InChI=1S/C11H15N3O6/c1-5-9(16)13-8(15)2-14(5)11(19)12-7-4-20-3-6(7)10(17)18/h5-7H,2-4H2,1H3,(H,12,19)(H,17,18)(H,13,15,16). The number of urea groups is 1. The van der Waals surface area contributed by atoms with Crippen molar-refractivity contribution in [2.45, 2.75) is 19.0 Å². The molecule has 3 N–H and O–H groups in total. The second-order valence-electron chi connectivity index (χ2n) is 4.75. The first-order chi connectivity index (χ1) is 9.40. The maximum atomic E-state index is 12.1. The fourth-order valence-corrected chi connectivity index (χ4v) is 2.14. The number of imide groups is 1. The van der Waals surface area contributed by atoms with Gasteiger partial charge in [-0.2, -0.15) is 0 Å². The van der Waals surface area contributed by atoms with E-state index in [1.54, 1.807) is 0 Å². The minimum Gasteiger partial charge on any atom is -0.481 e. The van der Waals surface area contributed by atoms with Crippen LogP contribution in [0.25, 0.3) is 0 Å². The first-order valence-electron chi connectivity index (χ1n) is 6.11. The molecule has 110 valence electrons. The maximum absolute atomic E-state index is 12.1. The van der Waals surface area contributed by atoms with Crippen LogP contribution in [-0.2, 0) is 19.1 Å². The Hall–Kier alpha value is -2.16. The quantitative estimate of drug-likeness (QED) is 0.511. The first kappa shape index (κ1) is 14.3. The minimum atomic E-state index is -1.06. The Kier molecular flexibility index (Phi) is 3.89. The molecule has 3 unspecified atom stereocenters. The first-order valence-corrected chi connectivity index (χ1v) is 6.11. The Bertz CT molecular complexity index is 465. The average Bonchev–Trinajstić information content (AvgIpc) is 2.81. The van der Waals surface area contributed by atoms with Crippen LogP contribution in [0.2, 0.25) is 0 Å². The van der Waals surface area contributed by atoms with E-state index >= 15 is 0 Å². The molecule has 0 aliphatic carbocycles. The van der Waals surface area contributed by atoms with Crippen molar-refractivity contribution in [2.24, 2.45) is 5.92 Å². The number of carbonyl (C=O) groups excluding carboxylic acids is 3. The van der Waals surface area contributed by atoms with Crippen molar-refractivity contribution in [3.8, 4) is 0 Å². The van der Waals surface area contributed by atoms with Crippen molar-refractivity contribution in [3.05, 3.63) is 0 Å². The lowest BCUT2D eigenvalue weighted by atomic mass is 10.0. The summed E-state index contributed by atoms with van der Waals surface area (Å²) in [6.07, 6.45) is 0. The van der Waals surface area contributed by atoms with E-state index in [1.807, 2.05) is 0 Å². The van der Waals surface area contributed by atoms with Gasteiger partial charge in [0.1, 0.15) is 18.5 Å². The third kappa shape index (κ3) is 2.72. The predicted octanol–water partition coefficient (Wildman–Crippen LogP) is -1.86. The highest BCUT2D eigenvalue weighted by Crippen LogP contribution is 2.15. The zero-order valence-corrected chi connectivity index (χ0v) is 10.8. The van der Waals surface area contributed by atoms with Crippen LogP contribution in [0.5, 0.6) is 0 Å². The number of piperazine rings is 1. The van der Waals surface area contributed by atoms with E-state index in [9.17, 15) is 19.2 Å². The van der Waals surface area contributed by atoms with Gasteiger partial charge in [0.2, 0.25) is 11.8 Å². The molecule has 0 radical (unpaired) electrons. The van der Waals surface area contributed by atoms with Gasteiger partial charge in [0, 0.05) is 0 Å². The summed E-state index contributed by atoms with van der Waals surface area (Å²) in [6, 6.07) is -2.12. The van der Waals surface area contributed by atoms with E-state index in [-0.39, 0.29) is 19.8 Å². The molecular formula is C11H15N3O6. The smallest absolute Gasteiger partial charge is 0.318 e. The number of hydrogen-bond donors (Lipinski definition) is 3. The summed E-state index contributed by atoms with van der Waals surface area (Å²) in [5, 5.41) is 13.6. The number of ether oxygens (including phenoxy) is 1. The zero-order chi connectivity index (χ0) is 14.9. The van der Waals surface area contributed by atoms with Crippen molar-refractivity contribution in [1.82, 2.24) is 15.5 Å². The molecular weight excluding hydrogens is 270 g/mol. The Morgan fingerprint density at radius 3 is 2.75 bits per heavy atom. The van der Waals surface area contributed by atoms with Crippen LogP contribution in [0.3, 0.4) is 0 Å². The van der Waals surface area contributed by atoms with E-state index in [0.29, 0.717) is 0 Å². The van der Waals surface area contributed by atoms with E-state index in [2.05, 4.69) is 10.6 Å². The van der Waals surface area contributed by atoms with Gasteiger partial charge in [-0.15, -0.1) is 0 Å². The molecule has 0 spiro atoms. The highest BCUT2D eigenvalue weighted by Gasteiger charge is 2.39. The molecule has 2 saturated heterocycles. The lowest BCUT2D eigenvalue weighted by Gasteiger charge is -2.32. The number of rotatable bonds is 2. The van der Waals surface area contributed by atoms with E-state index in [1.165, 1.54) is 6.92 Å². The van der Waals surface area contributed by atoms with E-state index in [4.69, 9.17) is 9.84 Å². The van der Waals surface area contributed by atoms with Crippen LogP contribution < -0.4 is 10.6 Å². The van der Waals surface area contributed by atoms with E-state index in [0.717, 1.165) is 4.90 Å². The molecule has 4 amide bonds. The zero-order valence-electron chi connectivity index (χ0n) is 10.8. The van der Waals surface area contributed by atoms with Crippen LogP contribution in [-0.4, -0.2) is 65.7 Å². The predicted molar refractivity (Wildman–Crippen MR) is 63.6 cm³/mol. The van der Waals surface area contributed by atoms with Gasteiger partial charge >= 0.3 is 12.0 Å². The Morgan fingerprint density at radius 1 is 1.40 bits per heavy atom. The Morgan fingerprint density at radius 2 is 2.10 bits per heavy atom. The van der Waals surface area contributed by atoms with Gasteiger partial charge in [0.15, 0.2) is 0 Å². The second-order valence-corrected chi connectivity index (χ2v) is 4.75. The molecule has 9 nitrogen and oxygen atoms in total. The van der Waals surface area contributed by atoms with Gasteiger partial charge in [0.25, 0.3) is 0 Å². The number of aliphatic carboxylic acids is 1. The lowest BCUT2D eigenvalue weighted by molar-refractivity contribution is -0.142. The highest BCUT2D eigenvalue weighted by atomic mass is 16.5. The molecule has 2 heterocycles. The van der Waals surface area contributed by atoms with Crippen LogP contribution in [0.4, 0.5) is 4.79 Å². The van der Waals surface area contributed by atoms with Crippen LogP contribution in [0, 0.1) is 5.92 Å². The van der Waals surface area contributed by atoms with Crippen molar-refractivity contribution in [3.63, 3.8) is 0 Å². The van der Waals surface area contributed by atoms with Crippen molar-refractivity contribution in [2.75, 3.05) is 19.8 Å². The Balaban J connectivity index is 2.02. The fraction of sp³-hybridized carbons (Fsp3) is 0.636. The van der Waals surface area contributed by atoms with Gasteiger partial charge in [0.05, 0.1) is 19.3 Å². The number of nitrogens with zero attached hydrogens (tertiary/aromatic N) is 1. The number of amides is 4. The van der Waals surface area contributed by atoms with Gasteiger partial charge in [-0.3, -0.25) is 19.7 Å². The average molecular weight is 285 g/mol. The molecule has 0 bridgehead atoms. The normalized spacial score (nSPS) is 30.1. The monoisotopic (exact) mass is 285 g/mol. The number of carboxylic acid groups (broad SMARTS) is 1. The minimum absolute atomic E-state index is 0.0231. The van der Waals surface area contributed by atoms with Crippen LogP contribution in [0.15, 0.2) is 0 Å². The van der Waals surface area contributed by atoms with Gasteiger partial charge in [-0.25, -0.2) is 4.79 Å². The lowest BCUT2D eigenvalue weighted by Crippen LogP contribution is -2.62. The number of hydrogen-bond acceptors (Lipinski definition) is 5. The molecule has 20 heavy (non-hydrogen) atoms. The molecule has 0 saturated carbocycles. The second kappa shape index (κ2) is 5.45. The third-order valence-electron chi connectivity index (χ3n) is 3.39. The highest BCUT2D eigenvalue weighted by molar-refractivity contribution is 6.03. The SMILES string of the molecule is CC1C(=O)NC(=O)CN1C(=O)NC1COCC1C(=O)O. The summed E-state index contributed by atoms with van der Waals surface area (Å²) >= 11 is 0. The molecule has 2 aliphatic heterocycles. The number of carbonyl (C=O) groups is 4. The van der Waals surface area contributed by atoms with Crippen LogP contribution in [0.1, 0.15) is 6.92 Å². The van der Waals surface area contributed by atoms with Crippen LogP contribution >= 0.6 is 0 Å². The maximum Gasteiger partial charge on any atom is 0.318 e. The summed E-state index contributed by atoms with van der Waals surface area (Å²) in [6.45, 7) is 1.35. The molecule has 2 aliphatic rings. The fourth-order valence-electron chi connectivity index (χ4n) is 2.14. The third-order valence-corrected chi connectivity index (χ3v) is 3.39. The number of carboxylic acids is 1. The van der Waals surface area contributed by atoms with Gasteiger partial charge in [-0.1, -0.05) is 0 Å². The summed E-state index contributed by atoms with van der Waals surface area (Å²) in [5.41, 5.74) is 0. The molecule has 0 aromatic carbocycles. The summed E-state index contributed by atoms with van der Waals surface area (Å²) in [4.78, 5) is 46.8. The largest absolute Gasteiger partial charge is 0.481 e. The molecule has 0 aromatic heterocycles. The van der Waals surface area contributed by atoms with E-state index < -0.39 is 41.8 Å². The Labute approximate surface area is 114 Å². The summed E-state index contributed by atoms with van der Waals surface area (Å²) in [5.74, 6) is -3.02. The summed E-state index contributed by atoms with van der Waals surface area (Å²) < 4.78 is 5.03. The molecule has 0 aromatic rings.